The first-order valence-corrected chi connectivity index (χ1v) is 9.37. The van der Waals surface area contributed by atoms with Crippen LogP contribution < -0.4 is 16.0 Å². The molecule has 29 heavy (non-hydrogen) atoms. The molecule has 0 fully saturated rings. The summed E-state index contributed by atoms with van der Waals surface area (Å²) in [7, 11) is 0. The smallest absolute Gasteiger partial charge is 0.338 e. The van der Waals surface area contributed by atoms with Gasteiger partial charge in [0, 0.05) is 18.7 Å². The highest BCUT2D eigenvalue weighted by molar-refractivity contribution is 5.97. The molecule has 0 aliphatic rings. The SMILES string of the molecule is CCC(OC(=O)c1ccc(CNC(=O)NC(C)C)cc1)C(=O)Nc1cc(C)on1. The van der Waals surface area contributed by atoms with Crippen LogP contribution in [-0.4, -0.2) is 35.2 Å². The van der Waals surface area contributed by atoms with Gasteiger partial charge in [-0.3, -0.25) is 4.79 Å². The Morgan fingerprint density at radius 3 is 2.41 bits per heavy atom. The summed E-state index contributed by atoms with van der Waals surface area (Å²) >= 11 is 0. The fraction of sp³-hybridized carbons (Fsp3) is 0.400. The maximum absolute atomic E-state index is 12.4. The van der Waals surface area contributed by atoms with Gasteiger partial charge in [0.05, 0.1) is 5.56 Å². The number of nitrogens with zero attached hydrogens (tertiary/aromatic N) is 1. The summed E-state index contributed by atoms with van der Waals surface area (Å²) in [6, 6.07) is 7.96. The second-order valence-corrected chi connectivity index (χ2v) is 6.79. The standard InChI is InChI=1S/C20H26N4O5/c1-5-16(18(25)23-17-10-13(4)29-24-17)28-19(26)15-8-6-14(7-9-15)11-21-20(27)22-12(2)3/h6-10,12,16H,5,11H2,1-4H3,(H2,21,22,27)(H,23,24,25). The van der Waals surface area contributed by atoms with Gasteiger partial charge < -0.3 is 25.2 Å². The number of carbonyl (C=O) groups excluding carboxylic acids is 3. The van der Waals surface area contributed by atoms with Crippen molar-refractivity contribution in [2.45, 2.75) is 52.8 Å². The zero-order valence-corrected chi connectivity index (χ0v) is 16.9. The van der Waals surface area contributed by atoms with Crippen molar-refractivity contribution in [2.75, 3.05) is 5.32 Å². The third-order valence-corrected chi connectivity index (χ3v) is 3.85. The Labute approximate surface area is 169 Å². The van der Waals surface area contributed by atoms with Crippen LogP contribution in [0.3, 0.4) is 0 Å². The van der Waals surface area contributed by atoms with Gasteiger partial charge in [-0.25, -0.2) is 9.59 Å². The van der Waals surface area contributed by atoms with E-state index in [1.807, 2.05) is 13.8 Å². The molecule has 1 aromatic heterocycles. The van der Waals surface area contributed by atoms with Crippen molar-refractivity contribution in [3.05, 3.63) is 47.2 Å². The number of rotatable bonds is 8. The van der Waals surface area contributed by atoms with Crippen molar-refractivity contribution in [2.24, 2.45) is 0 Å². The number of ether oxygens (including phenoxy) is 1. The molecule has 9 nitrogen and oxygen atoms in total. The Bertz CT molecular complexity index is 845. The van der Waals surface area contributed by atoms with Gasteiger partial charge in [0.15, 0.2) is 11.9 Å². The van der Waals surface area contributed by atoms with Gasteiger partial charge in [-0.2, -0.15) is 0 Å². The number of benzene rings is 1. The summed E-state index contributed by atoms with van der Waals surface area (Å²) in [5, 5.41) is 11.7. The van der Waals surface area contributed by atoms with Crippen LogP contribution in [-0.2, 0) is 16.1 Å². The molecular formula is C20H26N4O5. The molecule has 0 saturated carbocycles. The Kier molecular flexibility index (Phi) is 7.76. The van der Waals surface area contributed by atoms with E-state index in [4.69, 9.17) is 9.26 Å². The van der Waals surface area contributed by atoms with E-state index < -0.39 is 18.0 Å². The van der Waals surface area contributed by atoms with E-state index in [0.717, 1.165) is 5.56 Å². The third kappa shape index (κ3) is 6.95. The Morgan fingerprint density at radius 1 is 1.17 bits per heavy atom. The quantitative estimate of drug-likeness (QED) is 0.584. The van der Waals surface area contributed by atoms with E-state index in [9.17, 15) is 14.4 Å². The highest BCUT2D eigenvalue weighted by Gasteiger charge is 2.23. The maximum atomic E-state index is 12.4. The summed E-state index contributed by atoms with van der Waals surface area (Å²) in [6.07, 6.45) is -0.651. The van der Waals surface area contributed by atoms with E-state index in [1.54, 1.807) is 44.2 Å². The highest BCUT2D eigenvalue weighted by atomic mass is 16.5. The second kappa shape index (κ2) is 10.3. The zero-order chi connectivity index (χ0) is 21.4. The predicted molar refractivity (Wildman–Crippen MR) is 106 cm³/mol. The van der Waals surface area contributed by atoms with Crippen LogP contribution in [0.1, 0.15) is 48.9 Å². The van der Waals surface area contributed by atoms with E-state index in [1.165, 1.54) is 0 Å². The van der Waals surface area contributed by atoms with Crippen LogP contribution in [0.2, 0.25) is 0 Å². The molecule has 2 aromatic rings. The van der Waals surface area contributed by atoms with E-state index in [0.29, 0.717) is 24.3 Å². The molecule has 0 bridgehead atoms. The lowest BCUT2D eigenvalue weighted by atomic mass is 10.1. The number of anilines is 1. The van der Waals surface area contributed by atoms with Crippen molar-refractivity contribution in [1.29, 1.82) is 0 Å². The van der Waals surface area contributed by atoms with Gasteiger partial charge in [-0.15, -0.1) is 0 Å². The first-order valence-electron chi connectivity index (χ1n) is 9.37. The molecule has 1 aromatic carbocycles. The highest BCUT2D eigenvalue weighted by Crippen LogP contribution is 2.12. The Morgan fingerprint density at radius 2 is 1.86 bits per heavy atom. The van der Waals surface area contributed by atoms with Gasteiger partial charge in [-0.1, -0.05) is 24.2 Å². The number of hydrogen-bond acceptors (Lipinski definition) is 6. The molecule has 1 heterocycles. The monoisotopic (exact) mass is 402 g/mol. The van der Waals surface area contributed by atoms with Crippen LogP contribution in [0.15, 0.2) is 34.9 Å². The van der Waals surface area contributed by atoms with Crippen LogP contribution in [0.4, 0.5) is 10.6 Å². The van der Waals surface area contributed by atoms with E-state index >= 15 is 0 Å². The molecule has 156 valence electrons. The number of nitrogens with one attached hydrogen (secondary N) is 3. The third-order valence-electron chi connectivity index (χ3n) is 3.85. The fourth-order valence-corrected chi connectivity index (χ4v) is 2.41. The van der Waals surface area contributed by atoms with E-state index in [-0.39, 0.29) is 17.9 Å². The summed E-state index contributed by atoms with van der Waals surface area (Å²) in [4.78, 5) is 36.2. The lowest BCUT2D eigenvalue weighted by Crippen LogP contribution is -2.39. The summed E-state index contributed by atoms with van der Waals surface area (Å²) in [5.74, 6) is -0.270. The van der Waals surface area contributed by atoms with Gasteiger partial charge in [0.1, 0.15) is 5.76 Å². The molecule has 2 rings (SSSR count). The number of carbonyl (C=O) groups is 3. The average molecular weight is 402 g/mol. The van der Waals surface area contributed by atoms with Crippen molar-refractivity contribution < 1.29 is 23.6 Å². The normalized spacial score (nSPS) is 11.6. The molecule has 1 atom stereocenters. The molecule has 0 saturated heterocycles. The number of aryl methyl sites for hydroxylation is 1. The number of amides is 3. The van der Waals surface area contributed by atoms with Gasteiger partial charge in [0.2, 0.25) is 0 Å². The van der Waals surface area contributed by atoms with Crippen LogP contribution >= 0.6 is 0 Å². The Balaban J connectivity index is 1.89. The molecule has 0 aliphatic carbocycles. The van der Waals surface area contributed by atoms with Crippen molar-refractivity contribution in [3.8, 4) is 0 Å². The molecular weight excluding hydrogens is 376 g/mol. The minimum atomic E-state index is -0.958. The first-order chi connectivity index (χ1) is 13.8. The Hall–Kier alpha value is -3.36. The molecule has 1 unspecified atom stereocenters. The topological polar surface area (TPSA) is 123 Å². The van der Waals surface area contributed by atoms with Gasteiger partial charge in [-0.05, 0) is 44.9 Å². The zero-order valence-electron chi connectivity index (χ0n) is 16.9. The van der Waals surface area contributed by atoms with Crippen LogP contribution in [0, 0.1) is 6.92 Å². The first kappa shape index (κ1) is 21.9. The minimum absolute atomic E-state index is 0.0455. The fourth-order valence-electron chi connectivity index (χ4n) is 2.41. The number of urea groups is 1. The van der Waals surface area contributed by atoms with Crippen molar-refractivity contribution in [1.82, 2.24) is 15.8 Å². The number of esters is 1. The lowest BCUT2D eigenvalue weighted by Gasteiger charge is -2.15. The minimum Gasteiger partial charge on any atom is -0.449 e. The molecule has 9 heteroatoms. The summed E-state index contributed by atoms with van der Waals surface area (Å²) in [5.41, 5.74) is 1.13. The van der Waals surface area contributed by atoms with Crippen LogP contribution in [0.25, 0.3) is 0 Å². The van der Waals surface area contributed by atoms with E-state index in [2.05, 4.69) is 21.1 Å². The lowest BCUT2D eigenvalue weighted by molar-refractivity contribution is -0.124. The largest absolute Gasteiger partial charge is 0.449 e. The average Bonchev–Trinajstić information content (AvgIpc) is 3.08. The number of aromatic nitrogens is 1. The molecule has 3 amide bonds. The van der Waals surface area contributed by atoms with Crippen molar-refractivity contribution in [3.63, 3.8) is 0 Å². The second-order valence-electron chi connectivity index (χ2n) is 6.79. The molecule has 0 spiro atoms. The molecule has 3 N–H and O–H groups in total. The van der Waals surface area contributed by atoms with Crippen LogP contribution in [0.5, 0.6) is 0 Å². The molecule has 0 aliphatic heterocycles. The van der Waals surface area contributed by atoms with Crippen molar-refractivity contribution >= 4 is 23.7 Å². The molecule has 0 radical (unpaired) electrons. The van der Waals surface area contributed by atoms with Gasteiger partial charge >= 0.3 is 12.0 Å². The predicted octanol–water partition coefficient (Wildman–Crippen LogP) is 2.76. The summed E-state index contributed by atoms with van der Waals surface area (Å²) in [6.45, 7) is 7.51. The number of hydrogen-bond donors (Lipinski definition) is 3. The van der Waals surface area contributed by atoms with Gasteiger partial charge in [0.25, 0.3) is 5.91 Å². The summed E-state index contributed by atoms with van der Waals surface area (Å²) < 4.78 is 10.2. The maximum Gasteiger partial charge on any atom is 0.338 e.